The zero-order valence-corrected chi connectivity index (χ0v) is 9.39. The molecule has 0 spiro atoms. The lowest BCUT2D eigenvalue weighted by atomic mass is 9.91. The number of ether oxygens (including phenoxy) is 1. The summed E-state index contributed by atoms with van der Waals surface area (Å²) < 4.78 is 4.85. The van der Waals surface area contributed by atoms with Gasteiger partial charge in [-0.05, 0) is 33.1 Å². The molecular formula is C11H19NO2. The van der Waals surface area contributed by atoms with E-state index in [1.165, 1.54) is 0 Å². The molecule has 0 aromatic rings. The minimum absolute atomic E-state index is 0.0817. The number of carbonyl (C=O) groups is 1. The van der Waals surface area contributed by atoms with E-state index in [0.717, 1.165) is 12.1 Å². The molecule has 1 unspecified atom stereocenters. The van der Waals surface area contributed by atoms with Gasteiger partial charge in [-0.3, -0.25) is 0 Å². The lowest BCUT2D eigenvalue weighted by molar-refractivity contribution is -0.137. The largest absolute Gasteiger partial charge is 0.463 e. The molecule has 0 aromatic heterocycles. The zero-order valence-electron chi connectivity index (χ0n) is 9.39. The van der Waals surface area contributed by atoms with Crippen LogP contribution in [0, 0.1) is 5.92 Å². The Bertz CT molecular complexity index is 256. The summed E-state index contributed by atoms with van der Waals surface area (Å²) in [5.41, 5.74) is 1.07. The SMILES string of the molecule is CCOC(=O)/C=C1/CC(C)C(C)(C)N1. The van der Waals surface area contributed by atoms with Gasteiger partial charge in [0.2, 0.25) is 0 Å². The van der Waals surface area contributed by atoms with E-state index in [9.17, 15) is 4.79 Å². The van der Waals surface area contributed by atoms with Crippen molar-refractivity contribution in [3.05, 3.63) is 11.8 Å². The molecule has 1 heterocycles. The Labute approximate surface area is 85.5 Å². The van der Waals surface area contributed by atoms with Crippen molar-refractivity contribution in [3.8, 4) is 0 Å². The molecule has 3 nitrogen and oxygen atoms in total. The Kier molecular flexibility index (Phi) is 3.19. The molecule has 0 aromatic carbocycles. The average Bonchev–Trinajstić information content (AvgIpc) is 2.25. The molecule has 1 N–H and O–H groups in total. The molecule has 0 aliphatic carbocycles. The van der Waals surface area contributed by atoms with E-state index in [-0.39, 0.29) is 11.5 Å². The number of rotatable bonds is 2. The number of hydrogen-bond donors (Lipinski definition) is 1. The van der Waals surface area contributed by atoms with E-state index >= 15 is 0 Å². The van der Waals surface area contributed by atoms with Gasteiger partial charge >= 0.3 is 5.97 Å². The van der Waals surface area contributed by atoms with Crippen LogP contribution >= 0.6 is 0 Å². The van der Waals surface area contributed by atoms with Gasteiger partial charge in [0.25, 0.3) is 0 Å². The maximum Gasteiger partial charge on any atom is 0.332 e. The summed E-state index contributed by atoms with van der Waals surface area (Å²) >= 11 is 0. The average molecular weight is 197 g/mol. The van der Waals surface area contributed by atoms with Crippen LogP contribution < -0.4 is 5.32 Å². The fraction of sp³-hybridized carbons (Fsp3) is 0.727. The van der Waals surface area contributed by atoms with Crippen molar-refractivity contribution in [3.63, 3.8) is 0 Å². The van der Waals surface area contributed by atoms with Crippen molar-refractivity contribution in [2.45, 2.75) is 39.7 Å². The number of allylic oxidation sites excluding steroid dienone is 1. The molecule has 1 aliphatic heterocycles. The van der Waals surface area contributed by atoms with E-state index in [2.05, 4.69) is 26.1 Å². The van der Waals surface area contributed by atoms with Gasteiger partial charge in [-0.15, -0.1) is 0 Å². The Morgan fingerprint density at radius 2 is 2.36 bits per heavy atom. The summed E-state index contributed by atoms with van der Waals surface area (Å²) in [6.07, 6.45) is 2.49. The molecule has 0 saturated carbocycles. The summed E-state index contributed by atoms with van der Waals surface area (Å²) in [5, 5.41) is 3.33. The first-order valence-electron chi connectivity index (χ1n) is 5.11. The maximum atomic E-state index is 11.2. The number of hydrogen-bond acceptors (Lipinski definition) is 3. The van der Waals surface area contributed by atoms with Crippen molar-refractivity contribution in [1.82, 2.24) is 5.32 Å². The third kappa shape index (κ3) is 2.50. The van der Waals surface area contributed by atoms with Crippen molar-refractivity contribution >= 4 is 5.97 Å². The molecule has 80 valence electrons. The van der Waals surface area contributed by atoms with E-state index < -0.39 is 0 Å². The van der Waals surface area contributed by atoms with Crippen LogP contribution in [0.15, 0.2) is 11.8 Å². The standard InChI is InChI=1S/C11H19NO2/c1-5-14-10(13)7-9-6-8(2)11(3,4)12-9/h7-8,12H,5-6H2,1-4H3/b9-7-. The first kappa shape index (κ1) is 11.1. The van der Waals surface area contributed by atoms with Crippen LogP contribution in [-0.2, 0) is 9.53 Å². The summed E-state index contributed by atoms with van der Waals surface area (Å²) in [7, 11) is 0. The van der Waals surface area contributed by atoms with E-state index in [1.807, 2.05) is 6.92 Å². The van der Waals surface area contributed by atoms with Crippen LogP contribution in [0.5, 0.6) is 0 Å². The van der Waals surface area contributed by atoms with Gasteiger partial charge in [0.15, 0.2) is 0 Å². The fourth-order valence-corrected chi connectivity index (χ4v) is 1.59. The normalized spacial score (nSPS) is 27.4. The van der Waals surface area contributed by atoms with E-state index in [1.54, 1.807) is 6.08 Å². The first-order valence-corrected chi connectivity index (χ1v) is 5.11. The molecule has 1 aliphatic rings. The molecule has 0 radical (unpaired) electrons. The summed E-state index contributed by atoms with van der Waals surface area (Å²) in [5.74, 6) is 0.295. The van der Waals surface area contributed by atoms with Crippen molar-refractivity contribution in [2.75, 3.05) is 6.61 Å². The lowest BCUT2D eigenvalue weighted by Crippen LogP contribution is -2.36. The highest BCUT2D eigenvalue weighted by molar-refractivity contribution is 5.82. The van der Waals surface area contributed by atoms with Crippen LogP contribution in [0.4, 0.5) is 0 Å². The number of esters is 1. The lowest BCUT2D eigenvalue weighted by Gasteiger charge is -2.23. The van der Waals surface area contributed by atoms with Gasteiger partial charge in [0.05, 0.1) is 6.61 Å². The number of carbonyl (C=O) groups excluding carboxylic acids is 1. The Morgan fingerprint density at radius 1 is 1.71 bits per heavy atom. The summed E-state index contributed by atoms with van der Waals surface area (Å²) in [4.78, 5) is 11.2. The smallest absolute Gasteiger partial charge is 0.332 e. The van der Waals surface area contributed by atoms with E-state index in [4.69, 9.17) is 4.74 Å². The number of nitrogens with one attached hydrogen (secondary N) is 1. The third-order valence-electron chi connectivity index (χ3n) is 2.82. The van der Waals surface area contributed by atoms with Gasteiger partial charge in [-0.25, -0.2) is 4.79 Å². The molecule has 1 fully saturated rings. The Morgan fingerprint density at radius 3 is 2.79 bits per heavy atom. The maximum absolute atomic E-state index is 11.2. The molecule has 0 amide bonds. The third-order valence-corrected chi connectivity index (χ3v) is 2.82. The Hall–Kier alpha value is -0.990. The highest BCUT2D eigenvalue weighted by atomic mass is 16.5. The molecule has 14 heavy (non-hydrogen) atoms. The minimum Gasteiger partial charge on any atom is -0.463 e. The van der Waals surface area contributed by atoms with Gasteiger partial charge in [-0.1, -0.05) is 6.92 Å². The van der Waals surface area contributed by atoms with Crippen LogP contribution in [0.1, 0.15) is 34.1 Å². The fourth-order valence-electron chi connectivity index (χ4n) is 1.59. The quantitative estimate of drug-likeness (QED) is 0.542. The highest BCUT2D eigenvalue weighted by Gasteiger charge is 2.33. The second kappa shape index (κ2) is 4.03. The minimum atomic E-state index is -0.250. The van der Waals surface area contributed by atoms with Gasteiger partial charge < -0.3 is 10.1 Å². The Balaban J connectivity index is 2.61. The van der Waals surface area contributed by atoms with Gasteiger partial charge in [0.1, 0.15) is 0 Å². The second-order valence-electron chi connectivity index (χ2n) is 4.37. The first-order chi connectivity index (χ1) is 6.45. The van der Waals surface area contributed by atoms with Crippen LogP contribution in [0.2, 0.25) is 0 Å². The summed E-state index contributed by atoms with van der Waals surface area (Å²) in [6, 6.07) is 0. The van der Waals surface area contributed by atoms with Crippen LogP contribution in [0.3, 0.4) is 0 Å². The zero-order chi connectivity index (χ0) is 10.8. The van der Waals surface area contributed by atoms with Crippen LogP contribution in [-0.4, -0.2) is 18.1 Å². The summed E-state index contributed by atoms with van der Waals surface area (Å²) in [6.45, 7) is 8.71. The van der Waals surface area contributed by atoms with Crippen molar-refractivity contribution in [1.29, 1.82) is 0 Å². The molecule has 1 rings (SSSR count). The molecule has 1 atom stereocenters. The van der Waals surface area contributed by atoms with Gasteiger partial charge in [0, 0.05) is 17.3 Å². The molecular weight excluding hydrogens is 178 g/mol. The predicted octanol–water partition coefficient (Wildman–Crippen LogP) is 1.84. The molecule has 1 saturated heterocycles. The van der Waals surface area contributed by atoms with E-state index in [0.29, 0.717) is 12.5 Å². The molecule has 0 bridgehead atoms. The predicted molar refractivity (Wildman–Crippen MR) is 55.7 cm³/mol. The topological polar surface area (TPSA) is 38.3 Å². The van der Waals surface area contributed by atoms with Gasteiger partial charge in [-0.2, -0.15) is 0 Å². The molecule has 3 heteroatoms. The van der Waals surface area contributed by atoms with Crippen molar-refractivity contribution in [2.24, 2.45) is 5.92 Å². The second-order valence-corrected chi connectivity index (χ2v) is 4.37. The monoisotopic (exact) mass is 197 g/mol. The van der Waals surface area contributed by atoms with Crippen LogP contribution in [0.25, 0.3) is 0 Å². The highest BCUT2D eigenvalue weighted by Crippen LogP contribution is 2.30. The van der Waals surface area contributed by atoms with Crippen molar-refractivity contribution < 1.29 is 9.53 Å².